The van der Waals surface area contributed by atoms with Crippen LogP contribution in [0.4, 0.5) is 0 Å². The van der Waals surface area contributed by atoms with Crippen LogP contribution in [0.3, 0.4) is 0 Å². The van der Waals surface area contributed by atoms with Gasteiger partial charge in [0, 0.05) is 18.5 Å². The molecule has 4 nitrogen and oxygen atoms in total. The van der Waals surface area contributed by atoms with Crippen LogP contribution < -0.4 is 5.32 Å². The lowest BCUT2D eigenvalue weighted by molar-refractivity contribution is -0.135. The Bertz CT molecular complexity index is 463. The molecule has 0 aliphatic heterocycles. The average molecular weight is 290 g/mol. The zero-order valence-corrected chi connectivity index (χ0v) is 13.5. The van der Waals surface area contributed by atoms with Crippen molar-refractivity contribution in [1.82, 2.24) is 10.2 Å². The Hall–Kier alpha value is -1.84. The van der Waals surface area contributed by atoms with E-state index in [1.54, 1.807) is 4.90 Å². The summed E-state index contributed by atoms with van der Waals surface area (Å²) in [6.07, 6.45) is 0.827. The van der Waals surface area contributed by atoms with Crippen LogP contribution in [0.1, 0.15) is 33.3 Å². The van der Waals surface area contributed by atoms with Gasteiger partial charge in [0.05, 0.1) is 6.54 Å². The Morgan fingerprint density at radius 1 is 1.14 bits per heavy atom. The molecule has 0 bridgehead atoms. The van der Waals surface area contributed by atoms with Crippen LogP contribution in [0.5, 0.6) is 0 Å². The second kappa shape index (κ2) is 7.81. The summed E-state index contributed by atoms with van der Waals surface area (Å²) in [6.45, 7) is 8.84. The molecule has 0 fully saturated rings. The van der Waals surface area contributed by atoms with Crippen LogP contribution in [0.2, 0.25) is 0 Å². The third-order valence-electron chi connectivity index (χ3n) is 3.33. The second-order valence-electron chi connectivity index (χ2n) is 6.14. The molecule has 116 valence electrons. The van der Waals surface area contributed by atoms with Crippen molar-refractivity contribution in [2.75, 3.05) is 19.6 Å². The number of hydrogen-bond acceptors (Lipinski definition) is 2. The molecule has 21 heavy (non-hydrogen) atoms. The fraction of sp³-hybridized carbons (Fsp3) is 0.529. The maximum atomic E-state index is 12.1. The number of carbonyl (C=O) groups excluding carboxylic acids is 2. The minimum atomic E-state index is -0.471. The lowest BCUT2D eigenvalue weighted by Gasteiger charge is -2.23. The minimum absolute atomic E-state index is 0.0361. The van der Waals surface area contributed by atoms with Crippen molar-refractivity contribution in [3.05, 3.63) is 35.9 Å². The van der Waals surface area contributed by atoms with Gasteiger partial charge in [-0.2, -0.15) is 0 Å². The van der Waals surface area contributed by atoms with Gasteiger partial charge in [-0.25, -0.2) is 0 Å². The smallest absolute Gasteiger partial charge is 0.241 e. The Morgan fingerprint density at radius 2 is 1.76 bits per heavy atom. The highest BCUT2D eigenvalue weighted by Gasteiger charge is 2.22. The largest absolute Gasteiger partial charge is 0.347 e. The predicted molar refractivity (Wildman–Crippen MR) is 84.9 cm³/mol. The third-order valence-corrected chi connectivity index (χ3v) is 3.33. The van der Waals surface area contributed by atoms with Crippen LogP contribution in [0.15, 0.2) is 30.3 Å². The molecule has 0 aliphatic rings. The topological polar surface area (TPSA) is 49.4 Å². The van der Waals surface area contributed by atoms with Crippen molar-refractivity contribution in [2.45, 2.75) is 34.1 Å². The van der Waals surface area contributed by atoms with Gasteiger partial charge in [-0.15, -0.1) is 0 Å². The van der Waals surface area contributed by atoms with Crippen molar-refractivity contribution in [2.24, 2.45) is 5.41 Å². The highest BCUT2D eigenvalue weighted by Crippen LogP contribution is 2.12. The first-order valence-corrected chi connectivity index (χ1v) is 7.44. The number of nitrogens with zero attached hydrogens (tertiary/aromatic N) is 1. The van der Waals surface area contributed by atoms with Crippen molar-refractivity contribution in [3.63, 3.8) is 0 Å². The predicted octanol–water partition coefficient (Wildman–Crippen LogP) is 2.24. The Labute approximate surface area is 127 Å². The first kappa shape index (κ1) is 17.2. The van der Waals surface area contributed by atoms with Crippen LogP contribution in [0, 0.1) is 5.41 Å². The summed E-state index contributed by atoms with van der Waals surface area (Å²) in [5, 5.41) is 2.71. The maximum absolute atomic E-state index is 12.1. The minimum Gasteiger partial charge on any atom is -0.347 e. The monoisotopic (exact) mass is 290 g/mol. The summed E-state index contributed by atoms with van der Waals surface area (Å²) in [5.74, 6) is -0.138. The molecule has 0 spiro atoms. The summed E-state index contributed by atoms with van der Waals surface area (Å²) >= 11 is 0. The van der Waals surface area contributed by atoms with Gasteiger partial charge in [0.2, 0.25) is 11.8 Å². The van der Waals surface area contributed by atoms with Crippen LogP contribution in [-0.4, -0.2) is 36.3 Å². The molecule has 0 saturated heterocycles. The van der Waals surface area contributed by atoms with E-state index in [0.29, 0.717) is 13.1 Å². The normalized spacial score (nSPS) is 11.0. The molecular formula is C17H26N2O2. The van der Waals surface area contributed by atoms with Crippen LogP contribution >= 0.6 is 0 Å². The van der Waals surface area contributed by atoms with E-state index in [4.69, 9.17) is 0 Å². The summed E-state index contributed by atoms with van der Waals surface area (Å²) in [5.41, 5.74) is 0.740. The lowest BCUT2D eigenvalue weighted by Crippen LogP contribution is -2.44. The number of carbonyl (C=O) groups is 2. The number of rotatable bonds is 6. The molecule has 0 aliphatic carbocycles. The van der Waals surface area contributed by atoms with E-state index in [-0.39, 0.29) is 18.4 Å². The summed E-state index contributed by atoms with van der Waals surface area (Å²) < 4.78 is 0. The van der Waals surface area contributed by atoms with E-state index in [0.717, 1.165) is 6.42 Å². The average Bonchev–Trinajstić information content (AvgIpc) is 2.45. The lowest BCUT2D eigenvalue weighted by atomic mass is 9.96. The molecule has 1 aromatic carbocycles. The molecule has 0 heterocycles. The Kier molecular flexibility index (Phi) is 6.40. The molecule has 0 aromatic heterocycles. The Morgan fingerprint density at radius 3 is 2.29 bits per heavy atom. The van der Waals surface area contributed by atoms with Gasteiger partial charge in [0.1, 0.15) is 0 Å². The van der Waals surface area contributed by atoms with E-state index in [1.165, 1.54) is 5.56 Å². The van der Waals surface area contributed by atoms with Gasteiger partial charge in [-0.3, -0.25) is 9.59 Å². The van der Waals surface area contributed by atoms with Crippen LogP contribution in [-0.2, 0) is 16.0 Å². The zero-order valence-electron chi connectivity index (χ0n) is 13.5. The van der Waals surface area contributed by atoms with E-state index in [2.05, 4.69) is 17.4 Å². The number of hydrogen-bond donors (Lipinski definition) is 1. The summed E-state index contributed by atoms with van der Waals surface area (Å²) in [7, 11) is 0. The van der Waals surface area contributed by atoms with E-state index >= 15 is 0 Å². The Balaban J connectivity index is 2.45. The van der Waals surface area contributed by atoms with Crippen molar-refractivity contribution >= 4 is 11.8 Å². The van der Waals surface area contributed by atoms with Crippen molar-refractivity contribution < 1.29 is 9.59 Å². The second-order valence-corrected chi connectivity index (χ2v) is 6.14. The summed E-state index contributed by atoms with van der Waals surface area (Å²) in [6, 6.07) is 10.1. The molecule has 0 radical (unpaired) electrons. The standard InChI is InChI=1S/C17H26N2O2/c1-5-19(12-11-14-9-7-6-8-10-14)15(20)13-18-16(21)17(2,3)4/h6-10H,5,11-13H2,1-4H3,(H,18,21). The van der Waals surface area contributed by atoms with Gasteiger partial charge in [0.25, 0.3) is 0 Å². The molecule has 2 amide bonds. The number of benzene rings is 1. The number of likely N-dealkylation sites (N-methyl/N-ethyl adjacent to an activating group) is 1. The molecule has 1 aromatic rings. The molecule has 0 saturated carbocycles. The van der Waals surface area contributed by atoms with E-state index in [1.807, 2.05) is 45.9 Å². The van der Waals surface area contributed by atoms with Gasteiger partial charge >= 0.3 is 0 Å². The number of nitrogens with one attached hydrogen (secondary N) is 1. The maximum Gasteiger partial charge on any atom is 0.241 e. The summed E-state index contributed by atoms with van der Waals surface area (Å²) in [4.78, 5) is 25.7. The van der Waals surface area contributed by atoms with Gasteiger partial charge in [-0.05, 0) is 18.9 Å². The van der Waals surface area contributed by atoms with Gasteiger partial charge in [0.15, 0.2) is 0 Å². The first-order chi connectivity index (χ1) is 9.84. The highest BCUT2D eigenvalue weighted by atomic mass is 16.2. The van der Waals surface area contributed by atoms with Crippen LogP contribution in [0.25, 0.3) is 0 Å². The molecule has 1 rings (SSSR count). The zero-order chi connectivity index (χ0) is 15.9. The third kappa shape index (κ3) is 5.98. The van der Waals surface area contributed by atoms with E-state index in [9.17, 15) is 9.59 Å². The van der Waals surface area contributed by atoms with Gasteiger partial charge < -0.3 is 10.2 Å². The molecule has 1 N–H and O–H groups in total. The van der Waals surface area contributed by atoms with Crippen molar-refractivity contribution in [3.8, 4) is 0 Å². The molecule has 0 unspecified atom stereocenters. The van der Waals surface area contributed by atoms with Gasteiger partial charge in [-0.1, -0.05) is 51.1 Å². The SMILES string of the molecule is CCN(CCc1ccccc1)C(=O)CNC(=O)C(C)(C)C. The molecular weight excluding hydrogens is 264 g/mol. The molecule has 0 atom stereocenters. The first-order valence-electron chi connectivity index (χ1n) is 7.44. The fourth-order valence-electron chi connectivity index (χ4n) is 1.90. The molecule has 4 heteroatoms. The number of amides is 2. The highest BCUT2D eigenvalue weighted by molar-refractivity contribution is 5.87. The quantitative estimate of drug-likeness (QED) is 0.873. The fourth-order valence-corrected chi connectivity index (χ4v) is 1.90. The van der Waals surface area contributed by atoms with Crippen molar-refractivity contribution in [1.29, 1.82) is 0 Å². The van der Waals surface area contributed by atoms with E-state index < -0.39 is 5.41 Å².